The normalized spacial score (nSPS) is 10.0. The van der Waals surface area contributed by atoms with Crippen molar-refractivity contribution in [2.45, 2.75) is 12.8 Å². The summed E-state index contributed by atoms with van der Waals surface area (Å²) in [6.07, 6.45) is -0.327. The van der Waals surface area contributed by atoms with E-state index < -0.39 is 33.0 Å². The summed E-state index contributed by atoms with van der Waals surface area (Å²) >= 11 is 0. The lowest BCUT2D eigenvalue weighted by Gasteiger charge is -2.03. The number of hydrogen-bond acceptors (Lipinski definition) is 6. The Morgan fingerprint density at radius 2 is 1.95 bits per heavy atom. The fourth-order valence-electron chi connectivity index (χ4n) is 1.47. The number of nitrogens with zero attached hydrogens (tertiary/aromatic N) is 2. The summed E-state index contributed by atoms with van der Waals surface area (Å²) in [5.41, 5.74) is -2.06. The first-order chi connectivity index (χ1) is 8.88. The van der Waals surface area contributed by atoms with Gasteiger partial charge < -0.3 is 4.74 Å². The van der Waals surface area contributed by atoms with Crippen molar-refractivity contribution in [1.82, 2.24) is 0 Å². The molecule has 0 N–H and O–H groups in total. The minimum Gasteiger partial charge on any atom is -0.469 e. The second-order valence-corrected chi connectivity index (χ2v) is 3.50. The van der Waals surface area contributed by atoms with Crippen LogP contribution < -0.4 is 0 Å². The lowest BCUT2D eigenvalue weighted by atomic mass is 10.1. The second kappa shape index (κ2) is 5.85. The predicted molar refractivity (Wildman–Crippen MR) is 60.0 cm³/mol. The highest BCUT2D eigenvalue weighted by molar-refractivity contribution is 5.70. The summed E-state index contributed by atoms with van der Waals surface area (Å²) < 4.78 is 18.0. The Labute approximate surface area is 106 Å². The number of benzene rings is 1. The van der Waals surface area contributed by atoms with Gasteiger partial charge in [-0.15, -0.1) is 0 Å². The Hall–Kier alpha value is -2.58. The van der Waals surface area contributed by atoms with Crippen LogP contribution in [0.2, 0.25) is 0 Å². The van der Waals surface area contributed by atoms with Crippen LogP contribution in [0, 0.1) is 26.0 Å². The zero-order chi connectivity index (χ0) is 14.6. The average Bonchev–Trinajstić information content (AvgIpc) is 2.34. The highest BCUT2D eigenvalue weighted by atomic mass is 19.1. The third-order valence-electron chi connectivity index (χ3n) is 2.38. The number of ether oxygens (including phenoxy) is 1. The van der Waals surface area contributed by atoms with E-state index in [2.05, 4.69) is 4.74 Å². The van der Waals surface area contributed by atoms with Gasteiger partial charge in [0, 0.05) is 18.1 Å². The SMILES string of the molecule is COC(=O)CCc1ccc([N+](=O)[O-])c(F)c1[N+](=O)[O-]. The van der Waals surface area contributed by atoms with Crippen molar-refractivity contribution in [3.05, 3.63) is 43.7 Å². The molecule has 0 amide bonds. The molecule has 0 spiro atoms. The van der Waals surface area contributed by atoms with Crippen LogP contribution in [0.4, 0.5) is 15.8 Å². The number of halogens is 1. The molecule has 0 unspecified atom stereocenters. The molecule has 0 atom stereocenters. The first-order valence-corrected chi connectivity index (χ1v) is 5.05. The molecule has 0 bridgehead atoms. The molecule has 1 aromatic rings. The van der Waals surface area contributed by atoms with E-state index in [0.29, 0.717) is 0 Å². The minimum atomic E-state index is -1.52. The first-order valence-electron chi connectivity index (χ1n) is 5.05. The highest BCUT2D eigenvalue weighted by Crippen LogP contribution is 2.30. The zero-order valence-corrected chi connectivity index (χ0v) is 9.79. The van der Waals surface area contributed by atoms with Gasteiger partial charge in [-0.2, -0.15) is 4.39 Å². The molecule has 0 saturated carbocycles. The van der Waals surface area contributed by atoms with E-state index in [1.807, 2.05) is 0 Å². The van der Waals surface area contributed by atoms with Crippen molar-refractivity contribution in [2.24, 2.45) is 0 Å². The Balaban J connectivity index is 3.18. The average molecular weight is 272 g/mol. The Morgan fingerprint density at radius 1 is 1.32 bits per heavy atom. The molecule has 0 aliphatic carbocycles. The maximum Gasteiger partial charge on any atom is 0.315 e. The molecular formula is C10H9FN2O6. The molecule has 0 aliphatic heterocycles. The van der Waals surface area contributed by atoms with Crippen LogP contribution in [0.1, 0.15) is 12.0 Å². The van der Waals surface area contributed by atoms with E-state index in [9.17, 15) is 29.4 Å². The molecule has 19 heavy (non-hydrogen) atoms. The highest BCUT2D eigenvalue weighted by Gasteiger charge is 2.29. The number of aryl methyl sites for hydroxylation is 1. The van der Waals surface area contributed by atoms with Gasteiger partial charge in [-0.1, -0.05) is 0 Å². The number of carbonyl (C=O) groups excluding carboxylic acids is 1. The van der Waals surface area contributed by atoms with Gasteiger partial charge in [0.05, 0.1) is 17.0 Å². The molecule has 1 rings (SSSR count). The minimum absolute atomic E-state index is 0.0986. The number of nitro groups is 2. The molecule has 1 aromatic carbocycles. The Morgan fingerprint density at radius 3 is 2.42 bits per heavy atom. The molecular weight excluding hydrogens is 263 g/mol. The van der Waals surface area contributed by atoms with Crippen LogP contribution in [0.5, 0.6) is 0 Å². The Kier molecular flexibility index (Phi) is 4.46. The van der Waals surface area contributed by atoms with Crippen LogP contribution in [-0.2, 0) is 16.0 Å². The molecule has 9 heteroatoms. The predicted octanol–water partition coefficient (Wildman–Crippen LogP) is 1.75. The quantitative estimate of drug-likeness (QED) is 0.458. The molecule has 102 valence electrons. The van der Waals surface area contributed by atoms with Crippen LogP contribution in [0.25, 0.3) is 0 Å². The van der Waals surface area contributed by atoms with Gasteiger partial charge in [0.25, 0.3) is 5.82 Å². The van der Waals surface area contributed by atoms with Gasteiger partial charge in [-0.3, -0.25) is 25.0 Å². The Bertz CT molecular complexity index is 545. The van der Waals surface area contributed by atoms with E-state index in [4.69, 9.17) is 0 Å². The summed E-state index contributed by atoms with van der Waals surface area (Å²) in [5.74, 6) is -2.13. The molecule has 0 aromatic heterocycles. The van der Waals surface area contributed by atoms with E-state index >= 15 is 0 Å². The van der Waals surface area contributed by atoms with Gasteiger partial charge in [-0.05, 0) is 12.5 Å². The van der Waals surface area contributed by atoms with Gasteiger partial charge >= 0.3 is 17.3 Å². The van der Waals surface area contributed by atoms with Gasteiger partial charge in [-0.25, -0.2) is 0 Å². The molecule has 8 nitrogen and oxygen atoms in total. The van der Waals surface area contributed by atoms with Gasteiger partial charge in [0.1, 0.15) is 0 Å². The van der Waals surface area contributed by atoms with Crippen molar-refractivity contribution in [1.29, 1.82) is 0 Å². The number of carbonyl (C=O) groups is 1. The van der Waals surface area contributed by atoms with Crippen molar-refractivity contribution < 1.29 is 23.8 Å². The summed E-state index contributed by atoms with van der Waals surface area (Å²) in [4.78, 5) is 30.1. The van der Waals surface area contributed by atoms with Gasteiger partial charge in [0.15, 0.2) is 0 Å². The van der Waals surface area contributed by atoms with Crippen LogP contribution in [0.15, 0.2) is 12.1 Å². The summed E-state index contributed by atoms with van der Waals surface area (Å²) in [5, 5.41) is 21.2. The van der Waals surface area contributed by atoms with Crippen molar-refractivity contribution in [2.75, 3.05) is 7.11 Å². The van der Waals surface area contributed by atoms with E-state index in [0.717, 1.165) is 19.2 Å². The van der Waals surface area contributed by atoms with Crippen LogP contribution in [-0.4, -0.2) is 22.9 Å². The van der Waals surface area contributed by atoms with E-state index in [1.54, 1.807) is 0 Å². The number of hydrogen-bond donors (Lipinski definition) is 0. The third-order valence-corrected chi connectivity index (χ3v) is 2.38. The van der Waals surface area contributed by atoms with E-state index in [1.165, 1.54) is 0 Å². The van der Waals surface area contributed by atoms with Crippen molar-refractivity contribution in [3.8, 4) is 0 Å². The fraction of sp³-hybridized carbons (Fsp3) is 0.300. The van der Waals surface area contributed by atoms with Crippen molar-refractivity contribution >= 4 is 17.3 Å². The van der Waals surface area contributed by atoms with Crippen LogP contribution in [0.3, 0.4) is 0 Å². The molecule has 0 radical (unpaired) electrons. The number of methoxy groups -OCH3 is 1. The van der Waals surface area contributed by atoms with E-state index in [-0.39, 0.29) is 18.4 Å². The van der Waals surface area contributed by atoms with Crippen LogP contribution >= 0.6 is 0 Å². The first kappa shape index (κ1) is 14.5. The standard InChI is InChI=1S/C10H9FN2O6/c1-19-8(14)5-3-6-2-4-7(12(15)16)9(11)10(6)13(17)18/h2,4H,3,5H2,1H3. The smallest absolute Gasteiger partial charge is 0.315 e. The third kappa shape index (κ3) is 3.21. The maximum atomic E-state index is 13.6. The largest absolute Gasteiger partial charge is 0.469 e. The second-order valence-electron chi connectivity index (χ2n) is 3.50. The lowest BCUT2D eigenvalue weighted by molar-refractivity contribution is -0.399. The summed E-state index contributed by atoms with van der Waals surface area (Å²) in [7, 11) is 1.15. The number of rotatable bonds is 5. The number of nitro benzene ring substituents is 2. The lowest BCUT2D eigenvalue weighted by Crippen LogP contribution is -2.06. The zero-order valence-electron chi connectivity index (χ0n) is 9.79. The van der Waals surface area contributed by atoms with Gasteiger partial charge in [0.2, 0.25) is 0 Å². The molecule has 0 saturated heterocycles. The fourth-order valence-corrected chi connectivity index (χ4v) is 1.47. The summed E-state index contributed by atoms with van der Waals surface area (Å²) in [6, 6.07) is 1.89. The maximum absolute atomic E-state index is 13.6. The molecule has 0 aliphatic rings. The molecule has 0 fully saturated rings. The van der Waals surface area contributed by atoms with Crippen molar-refractivity contribution in [3.63, 3.8) is 0 Å². The monoisotopic (exact) mass is 272 g/mol. The molecule has 0 heterocycles. The topological polar surface area (TPSA) is 113 Å². The summed E-state index contributed by atoms with van der Waals surface area (Å²) in [6.45, 7) is 0. The number of esters is 1.